The first kappa shape index (κ1) is 14.2. The van der Waals surface area contributed by atoms with E-state index in [1.165, 1.54) is 24.1 Å². The van der Waals surface area contributed by atoms with E-state index < -0.39 is 0 Å². The number of ether oxygens (including phenoxy) is 2. The van der Waals surface area contributed by atoms with Crippen LogP contribution in [0.3, 0.4) is 0 Å². The topological polar surface area (TPSA) is 47.7 Å². The summed E-state index contributed by atoms with van der Waals surface area (Å²) in [5, 5.41) is 0. The summed E-state index contributed by atoms with van der Waals surface area (Å²) in [7, 11) is 3.48. The van der Waals surface area contributed by atoms with Gasteiger partial charge in [0.2, 0.25) is 0 Å². The minimum atomic E-state index is 0.567. The molecule has 19 heavy (non-hydrogen) atoms. The molecule has 1 aliphatic rings. The molecule has 2 rings (SSSR count). The van der Waals surface area contributed by atoms with Crippen molar-refractivity contribution in [2.75, 3.05) is 38.8 Å². The summed E-state index contributed by atoms with van der Waals surface area (Å²) >= 11 is 0. The van der Waals surface area contributed by atoms with Crippen LogP contribution in [0.15, 0.2) is 18.2 Å². The first-order chi connectivity index (χ1) is 9.28. The second kappa shape index (κ2) is 6.78. The van der Waals surface area contributed by atoms with Gasteiger partial charge in [-0.05, 0) is 30.4 Å². The minimum Gasteiger partial charge on any atom is -0.497 e. The first-order valence-corrected chi connectivity index (χ1v) is 6.89. The van der Waals surface area contributed by atoms with Crippen LogP contribution in [0.2, 0.25) is 0 Å². The van der Waals surface area contributed by atoms with Crippen LogP contribution in [0.5, 0.6) is 5.75 Å². The molecule has 0 amide bonds. The molecule has 0 unspecified atom stereocenters. The van der Waals surface area contributed by atoms with E-state index in [0.717, 1.165) is 25.4 Å². The highest BCUT2D eigenvalue weighted by molar-refractivity contribution is 5.57. The van der Waals surface area contributed by atoms with Gasteiger partial charge in [-0.3, -0.25) is 0 Å². The van der Waals surface area contributed by atoms with E-state index in [4.69, 9.17) is 15.2 Å². The Bertz CT molecular complexity index is 401. The highest BCUT2D eigenvalue weighted by Gasteiger charge is 2.21. The average molecular weight is 264 g/mol. The molecule has 0 atom stereocenters. The molecule has 106 valence electrons. The molecule has 0 aliphatic carbocycles. The number of anilines is 1. The third kappa shape index (κ3) is 3.39. The van der Waals surface area contributed by atoms with E-state index in [1.54, 1.807) is 14.2 Å². The Kier molecular flexibility index (Phi) is 5.05. The lowest BCUT2D eigenvalue weighted by Gasteiger charge is -2.34. The van der Waals surface area contributed by atoms with Crippen LogP contribution in [-0.2, 0) is 11.3 Å². The van der Waals surface area contributed by atoms with Gasteiger partial charge >= 0.3 is 0 Å². The summed E-state index contributed by atoms with van der Waals surface area (Å²) in [5.74, 6) is 1.58. The smallest absolute Gasteiger partial charge is 0.120 e. The zero-order chi connectivity index (χ0) is 13.7. The molecular formula is C15H24N2O2. The highest BCUT2D eigenvalue weighted by atomic mass is 16.5. The SMILES string of the molecule is COCC1CCN(c2cc(OC)ccc2CN)CC1. The predicted molar refractivity (Wildman–Crippen MR) is 77.7 cm³/mol. The van der Waals surface area contributed by atoms with Crippen molar-refractivity contribution in [1.82, 2.24) is 0 Å². The minimum absolute atomic E-state index is 0.567. The Hall–Kier alpha value is -1.26. The van der Waals surface area contributed by atoms with Crippen molar-refractivity contribution in [2.24, 2.45) is 11.7 Å². The molecule has 0 saturated carbocycles. The molecule has 0 spiro atoms. The largest absolute Gasteiger partial charge is 0.497 e. The van der Waals surface area contributed by atoms with Crippen molar-refractivity contribution in [3.63, 3.8) is 0 Å². The number of hydrogen-bond acceptors (Lipinski definition) is 4. The quantitative estimate of drug-likeness (QED) is 0.884. The molecule has 1 aliphatic heterocycles. The first-order valence-electron chi connectivity index (χ1n) is 6.89. The highest BCUT2D eigenvalue weighted by Crippen LogP contribution is 2.29. The van der Waals surface area contributed by atoms with Crippen molar-refractivity contribution in [3.8, 4) is 5.75 Å². The van der Waals surface area contributed by atoms with Crippen molar-refractivity contribution in [3.05, 3.63) is 23.8 Å². The molecule has 2 N–H and O–H groups in total. The van der Waals surface area contributed by atoms with Gasteiger partial charge in [0.25, 0.3) is 0 Å². The number of nitrogens with two attached hydrogens (primary N) is 1. The fourth-order valence-corrected chi connectivity index (χ4v) is 2.71. The van der Waals surface area contributed by atoms with E-state index in [9.17, 15) is 0 Å². The second-order valence-corrected chi connectivity index (χ2v) is 5.08. The monoisotopic (exact) mass is 264 g/mol. The Balaban J connectivity index is 2.09. The van der Waals surface area contributed by atoms with Crippen LogP contribution in [0.4, 0.5) is 5.69 Å². The van der Waals surface area contributed by atoms with E-state index in [2.05, 4.69) is 17.0 Å². The molecule has 1 aromatic carbocycles. The van der Waals surface area contributed by atoms with Gasteiger partial charge in [-0.1, -0.05) is 6.07 Å². The number of piperidine rings is 1. The number of methoxy groups -OCH3 is 2. The standard InChI is InChI=1S/C15H24N2O2/c1-18-11-12-5-7-17(8-6-12)15-9-14(19-2)4-3-13(15)10-16/h3-4,9,12H,5-8,10-11,16H2,1-2H3. The van der Waals surface area contributed by atoms with E-state index in [-0.39, 0.29) is 0 Å². The predicted octanol–water partition coefficient (Wildman–Crippen LogP) is 2.02. The lowest BCUT2D eigenvalue weighted by Crippen LogP contribution is -2.35. The number of hydrogen-bond donors (Lipinski definition) is 1. The normalized spacial score (nSPS) is 16.7. The molecule has 4 heteroatoms. The van der Waals surface area contributed by atoms with Gasteiger partial charge in [0.15, 0.2) is 0 Å². The van der Waals surface area contributed by atoms with Gasteiger partial charge in [0.1, 0.15) is 5.75 Å². The Morgan fingerprint density at radius 1 is 1.26 bits per heavy atom. The maximum atomic E-state index is 5.84. The van der Waals surface area contributed by atoms with Crippen LogP contribution in [-0.4, -0.2) is 33.9 Å². The zero-order valence-electron chi connectivity index (χ0n) is 11.9. The fourth-order valence-electron chi connectivity index (χ4n) is 2.71. The summed E-state index contributed by atoms with van der Waals surface area (Å²) in [6.07, 6.45) is 2.35. The summed E-state index contributed by atoms with van der Waals surface area (Å²) in [4.78, 5) is 2.41. The van der Waals surface area contributed by atoms with Crippen LogP contribution in [0.1, 0.15) is 18.4 Å². The molecule has 0 radical (unpaired) electrons. The van der Waals surface area contributed by atoms with Gasteiger partial charge in [-0.25, -0.2) is 0 Å². The third-order valence-corrected chi connectivity index (χ3v) is 3.87. The fraction of sp³-hybridized carbons (Fsp3) is 0.600. The van der Waals surface area contributed by atoms with E-state index in [0.29, 0.717) is 12.5 Å². The van der Waals surface area contributed by atoms with Crippen molar-refractivity contribution < 1.29 is 9.47 Å². The molecule has 0 aromatic heterocycles. The number of benzene rings is 1. The van der Waals surface area contributed by atoms with Gasteiger partial charge in [0.05, 0.1) is 7.11 Å². The van der Waals surface area contributed by atoms with Crippen LogP contribution in [0, 0.1) is 5.92 Å². The molecule has 1 heterocycles. The number of rotatable bonds is 5. The molecule has 4 nitrogen and oxygen atoms in total. The van der Waals surface area contributed by atoms with Gasteiger partial charge in [0, 0.05) is 45.1 Å². The van der Waals surface area contributed by atoms with Crippen LogP contribution < -0.4 is 15.4 Å². The molecule has 1 aromatic rings. The lowest BCUT2D eigenvalue weighted by molar-refractivity contribution is 0.139. The summed E-state index contributed by atoms with van der Waals surface area (Å²) in [6.45, 7) is 3.56. The van der Waals surface area contributed by atoms with Crippen molar-refractivity contribution in [1.29, 1.82) is 0 Å². The summed E-state index contributed by atoms with van der Waals surface area (Å²) < 4.78 is 10.6. The van der Waals surface area contributed by atoms with Crippen LogP contribution >= 0.6 is 0 Å². The number of nitrogens with zero attached hydrogens (tertiary/aromatic N) is 1. The van der Waals surface area contributed by atoms with Gasteiger partial charge < -0.3 is 20.1 Å². The Morgan fingerprint density at radius 3 is 2.58 bits per heavy atom. The van der Waals surface area contributed by atoms with Crippen molar-refractivity contribution in [2.45, 2.75) is 19.4 Å². The van der Waals surface area contributed by atoms with Gasteiger partial charge in [-0.2, -0.15) is 0 Å². The van der Waals surface area contributed by atoms with Crippen molar-refractivity contribution >= 4 is 5.69 Å². The Labute approximate surface area is 115 Å². The summed E-state index contributed by atoms with van der Waals surface area (Å²) in [6, 6.07) is 6.14. The third-order valence-electron chi connectivity index (χ3n) is 3.87. The average Bonchev–Trinajstić information content (AvgIpc) is 2.47. The summed E-state index contributed by atoms with van der Waals surface area (Å²) in [5.41, 5.74) is 8.24. The molecule has 1 saturated heterocycles. The maximum absolute atomic E-state index is 5.84. The molecule has 1 fully saturated rings. The zero-order valence-corrected chi connectivity index (χ0v) is 11.9. The Morgan fingerprint density at radius 2 is 2.00 bits per heavy atom. The maximum Gasteiger partial charge on any atom is 0.120 e. The van der Waals surface area contributed by atoms with Crippen LogP contribution in [0.25, 0.3) is 0 Å². The van der Waals surface area contributed by atoms with Gasteiger partial charge in [-0.15, -0.1) is 0 Å². The second-order valence-electron chi connectivity index (χ2n) is 5.08. The molecule has 0 bridgehead atoms. The van der Waals surface area contributed by atoms with E-state index >= 15 is 0 Å². The lowest BCUT2D eigenvalue weighted by atomic mass is 9.96. The van der Waals surface area contributed by atoms with E-state index in [1.807, 2.05) is 6.07 Å². The molecular weight excluding hydrogens is 240 g/mol.